The van der Waals surface area contributed by atoms with Crippen LogP contribution in [0.5, 0.6) is 0 Å². The number of nitrogens with zero attached hydrogens (tertiary/aromatic N) is 2. The molecule has 4 rings (SSSR count). The van der Waals surface area contributed by atoms with Crippen molar-refractivity contribution in [3.8, 4) is 0 Å². The lowest BCUT2D eigenvalue weighted by Crippen LogP contribution is -2.42. The number of hydrogen-bond donors (Lipinski definition) is 3. The molecule has 2 aromatic carbocycles. The molecule has 0 radical (unpaired) electrons. The molecule has 156 valence electrons. The number of nitrogens with one attached hydrogen (secondary N) is 2. The van der Waals surface area contributed by atoms with E-state index in [0.29, 0.717) is 17.6 Å². The third-order valence-corrected chi connectivity index (χ3v) is 5.83. The number of anilines is 2. The normalized spacial score (nSPS) is 15.3. The van der Waals surface area contributed by atoms with E-state index in [9.17, 15) is 9.90 Å². The summed E-state index contributed by atoms with van der Waals surface area (Å²) < 4.78 is 0. The van der Waals surface area contributed by atoms with Crippen LogP contribution in [0.15, 0.2) is 54.7 Å². The van der Waals surface area contributed by atoms with Crippen LogP contribution >= 0.6 is 11.6 Å². The minimum absolute atomic E-state index is 0.0120. The quantitative estimate of drug-likeness (QED) is 0.559. The van der Waals surface area contributed by atoms with Gasteiger partial charge in [-0.25, -0.2) is 0 Å². The van der Waals surface area contributed by atoms with Crippen molar-refractivity contribution < 1.29 is 9.90 Å². The van der Waals surface area contributed by atoms with Gasteiger partial charge in [0.05, 0.1) is 18.7 Å². The summed E-state index contributed by atoms with van der Waals surface area (Å²) >= 11 is 6.17. The first-order valence-electron chi connectivity index (χ1n) is 10.1. The number of aromatic nitrogens is 1. The van der Waals surface area contributed by atoms with E-state index in [1.165, 1.54) is 0 Å². The summed E-state index contributed by atoms with van der Waals surface area (Å²) in [4.78, 5) is 19.0. The number of halogens is 1. The first-order valence-corrected chi connectivity index (χ1v) is 10.5. The molecule has 7 heteroatoms. The Morgan fingerprint density at radius 1 is 1.17 bits per heavy atom. The SMILES string of the molecule is O=C(CN1CCC(Nc2cccc(Cl)c2CO)CC1)Nc1ccc2ncccc2c1. The Morgan fingerprint density at radius 2 is 2.00 bits per heavy atom. The number of likely N-dealkylation sites (tertiary alicyclic amines) is 1. The maximum atomic E-state index is 12.5. The lowest BCUT2D eigenvalue weighted by atomic mass is 10.0. The van der Waals surface area contributed by atoms with Crippen molar-refractivity contribution in [3.63, 3.8) is 0 Å². The van der Waals surface area contributed by atoms with E-state index in [1.807, 2.05) is 42.5 Å². The zero-order valence-electron chi connectivity index (χ0n) is 16.6. The van der Waals surface area contributed by atoms with Crippen molar-refractivity contribution in [2.75, 3.05) is 30.3 Å². The monoisotopic (exact) mass is 424 g/mol. The van der Waals surface area contributed by atoms with E-state index < -0.39 is 0 Å². The highest BCUT2D eigenvalue weighted by Gasteiger charge is 2.21. The molecule has 6 nitrogen and oxygen atoms in total. The first-order chi connectivity index (χ1) is 14.6. The number of rotatable bonds is 6. The van der Waals surface area contributed by atoms with Gasteiger partial charge in [0, 0.05) is 52.7 Å². The predicted molar refractivity (Wildman–Crippen MR) is 121 cm³/mol. The molecule has 3 aromatic rings. The zero-order valence-corrected chi connectivity index (χ0v) is 17.4. The summed E-state index contributed by atoms with van der Waals surface area (Å²) in [5.41, 5.74) is 3.31. The molecule has 1 aromatic heterocycles. The summed E-state index contributed by atoms with van der Waals surface area (Å²) in [5.74, 6) is -0.0120. The second-order valence-electron chi connectivity index (χ2n) is 7.58. The van der Waals surface area contributed by atoms with Crippen LogP contribution in [0.2, 0.25) is 5.02 Å². The third kappa shape index (κ3) is 4.90. The first kappa shape index (κ1) is 20.6. The second-order valence-corrected chi connectivity index (χ2v) is 7.99. The highest BCUT2D eigenvalue weighted by Crippen LogP contribution is 2.26. The minimum Gasteiger partial charge on any atom is -0.392 e. The smallest absolute Gasteiger partial charge is 0.238 e. The molecule has 1 aliphatic heterocycles. The van der Waals surface area contributed by atoms with Crippen LogP contribution < -0.4 is 10.6 Å². The van der Waals surface area contributed by atoms with Crippen LogP contribution in [0.25, 0.3) is 10.9 Å². The summed E-state index contributed by atoms with van der Waals surface area (Å²) in [5, 5.41) is 17.6. The molecule has 0 aliphatic carbocycles. The van der Waals surface area contributed by atoms with Crippen LogP contribution in [-0.2, 0) is 11.4 Å². The predicted octanol–water partition coefficient (Wildman–Crippen LogP) is 3.90. The molecule has 30 heavy (non-hydrogen) atoms. The number of benzene rings is 2. The van der Waals surface area contributed by atoms with Crippen LogP contribution in [0.3, 0.4) is 0 Å². The van der Waals surface area contributed by atoms with Gasteiger partial charge in [0.1, 0.15) is 0 Å². The molecule has 1 fully saturated rings. The van der Waals surface area contributed by atoms with Gasteiger partial charge in [-0.3, -0.25) is 14.7 Å². The molecule has 1 amide bonds. The van der Waals surface area contributed by atoms with Gasteiger partial charge in [0.25, 0.3) is 0 Å². The lowest BCUT2D eigenvalue weighted by Gasteiger charge is -2.32. The molecular weight excluding hydrogens is 400 g/mol. The number of fused-ring (bicyclic) bond motifs is 1. The van der Waals surface area contributed by atoms with Crippen LogP contribution in [0, 0.1) is 0 Å². The van der Waals surface area contributed by atoms with Crippen LogP contribution in [0.1, 0.15) is 18.4 Å². The topological polar surface area (TPSA) is 77.5 Å². The number of pyridine rings is 1. The van der Waals surface area contributed by atoms with Crippen molar-refractivity contribution >= 4 is 39.8 Å². The number of aliphatic hydroxyl groups is 1. The van der Waals surface area contributed by atoms with Crippen molar-refractivity contribution in [1.82, 2.24) is 9.88 Å². The van der Waals surface area contributed by atoms with Gasteiger partial charge in [-0.2, -0.15) is 0 Å². The fourth-order valence-electron chi connectivity index (χ4n) is 3.87. The van der Waals surface area contributed by atoms with E-state index in [1.54, 1.807) is 12.3 Å². The molecule has 3 N–H and O–H groups in total. The summed E-state index contributed by atoms with van der Waals surface area (Å²) in [6.07, 6.45) is 3.61. The molecule has 2 heterocycles. The Kier molecular flexibility index (Phi) is 6.47. The van der Waals surface area contributed by atoms with Crippen molar-refractivity contribution in [1.29, 1.82) is 0 Å². The Hall–Kier alpha value is -2.67. The van der Waals surface area contributed by atoms with Crippen LogP contribution in [-0.4, -0.2) is 46.6 Å². The molecule has 0 saturated carbocycles. The average molecular weight is 425 g/mol. The summed E-state index contributed by atoms with van der Waals surface area (Å²) in [7, 11) is 0. The van der Waals surface area contributed by atoms with Gasteiger partial charge >= 0.3 is 0 Å². The van der Waals surface area contributed by atoms with Gasteiger partial charge in [0.2, 0.25) is 5.91 Å². The minimum atomic E-state index is -0.0914. The molecule has 1 saturated heterocycles. The number of piperidine rings is 1. The fourth-order valence-corrected chi connectivity index (χ4v) is 4.10. The molecule has 0 atom stereocenters. The Morgan fingerprint density at radius 3 is 2.80 bits per heavy atom. The summed E-state index contributed by atoms with van der Waals surface area (Å²) in [6.45, 7) is 1.95. The van der Waals surface area contributed by atoms with E-state index in [-0.39, 0.29) is 12.5 Å². The van der Waals surface area contributed by atoms with Crippen molar-refractivity contribution in [2.45, 2.75) is 25.5 Å². The highest BCUT2D eigenvalue weighted by atomic mass is 35.5. The van der Waals surface area contributed by atoms with E-state index >= 15 is 0 Å². The fraction of sp³-hybridized carbons (Fsp3) is 0.304. The van der Waals surface area contributed by atoms with E-state index in [4.69, 9.17) is 11.6 Å². The van der Waals surface area contributed by atoms with Gasteiger partial charge in [-0.15, -0.1) is 0 Å². The van der Waals surface area contributed by atoms with Crippen LogP contribution in [0.4, 0.5) is 11.4 Å². The Balaban J connectivity index is 1.28. The Bertz CT molecular complexity index is 1030. The molecular formula is C23H25ClN4O2. The van der Waals surface area contributed by atoms with E-state index in [0.717, 1.165) is 53.8 Å². The zero-order chi connectivity index (χ0) is 20.9. The number of amides is 1. The molecule has 1 aliphatic rings. The molecule has 0 unspecified atom stereocenters. The highest BCUT2D eigenvalue weighted by molar-refractivity contribution is 6.31. The maximum Gasteiger partial charge on any atom is 0.238 e. The third-order valence-electron chi connectivity index (χ3n) is 5.48. The van der Waals surface area contributed by atoms with Crippen molar-refractivity contribution in [3.05, 3.63) is 65.3 Å². The summed E-state index contributed by atoms with van der Waals surface area (Å²) in [6, 6.07) is 15.5. The number of carbonyl (C=O) groups excluding carboxylic acids is 1. The molecule has 0 spiro atoms. The van der Waals surface area contributed by atoms with Gasteiger partial charge in [-0.05, 0) is 49.2 Å². The lowest BCUT2D eigenvalue weighted by molar-refractivity contribution is -0.117. The Labute approximate surface area is 180 Å². The van der Waals surface area contributed by atoms with Gasteiger partial charge in [0.15, 0.2) is 0 Å². The number of hydrogen-bond acceptors (Lipinski definition) is 5. The standard InChI is InChI=1S/C23H25ClN4O2/c24-20-4-1-5-22(19(20)15-29)26-17-8-11-28(12-9-17)14-23(30)27-18-6-7-21-16(13-18)3-2-10-25-21/h1-7,10,13,17,26,29H,8-9,11-12,14-15H2,(H,27,30). The number of aliphatic hydroxyl groups excluding tert-OH is 1. The maximum absolute atomic E-state index is 12.5. The number of carbonyl (C=O) groups is 1. The largest absolute Gasteiger partial charge is 0.392 e. The van der Waals surface area contributed by atoms with Crippen molar-refractivity contribution in [2.24, 2.45) is 0 Å². The average Bonchev–Trinajstić information content (AvgIpc) is 2.75. The van der Waals surface area contributed by atoms with E-state index in [2.05, 4.69) is 20.5 Å². The molecule has 0 bridgehead atoms. The van der Waals surface area contributed by atoms with Gasteiger partial charge in [-0.1, -0.05) is 23.7 Å². The second kappa shape index (κ2) is 9.43. The van der Waals surface area contributed by atoms with Gasteiger partial charge < -0.3 is 15.7 Å².